The molecule has 0 saturated heterocycles. The van der Waals surface area contributed by atoms with Gasteiger partial charge >= 0.3 is 5.97 Å². The summed E-state index contributed by atoms with van der Waals surface area (Å²) in [6.07, 6.45) is 0. The Morgan fingerprint density at radius 2 is 2.00 bits per heavy atom. The molecule has 0 aliphatic carbocycles. The molecule has 2 aromatic carbocycles. The number of halogens is 2. The lowest BCUT2D eigenvalue weighted by Crippen LogP contribution is -2.20. The zero-order valence-electron chi connectivity index (χ0n) is 13.4. The Labute approximate surface area is 149 Å². The van der Waals surface area contributed by atoms with Crippen molar-refractivity contribution in [3.63, 3.8) is 0 Å². The maximum atomic E-state index is 13.7. The van der Waals surface area contributed by atoms with E-state index in [4.69, 9.17) is 21.1 Å². The van der Waals surface area contributed by atoms with E-state index in [1.807, 2.05) is 0 Å². The Balaban J connectivity index is 2.27. The molecule has 0 amide bonds. The molecule has 0 saturated carbocycles. The molecule has 0 aromatic heterocycles. The van der Waals surface area contributed by atoms with Crippen LogP contribution in [0.1, 0.15) is 15.9 Å². The van der Waals surface area contributed by atoms with E-state index in [2.05, 4.69) is 4.72 Å². The van der Waals surface area contributed by atoms with E-state index >= 15 is 0 Å². The molecule has 0 aliphatic rings. The highest BCUT2D eigenvalue weighted by Crippen LogP contribution is 2.25. The molecule has 9 heteroatoms. The fourth-order valence-electron chi connectivity index (χ4n) is 2.01. The maximum Gasteiger partial charge on any atom is 0.338 e. The fourth-order valence-corrected chi connectivity index (χ4v) is 3.15. The normalized spacial score (nSPS) is 11.2. The smallest absolute Gasteiger partial charge is 0.338 e. The minimum atomic E-state index is -3.84. The molecule has 2 rings (SSSR count). The summed E-state index contributed by atoms with van der Waals surface area (Å²) in [7, 11) is -1.30. The van der Waals surface area contributed by atoms with Gasteiger partial charge in [0.1, 0.15) is 23.1 Å². The quantitative estimate of drug-likeness (QED) is 0.771. The van der Waals surface area contributed by atoms with Gasteiger partial charge in [-0.3, -0.25) is 0 Å². The number of hydrogen-bond donors (Lipinski definition) is 1. The summed E-state index contributed by atoms with van der Waals surface area (Å²) in [5.74, 6) is -1.36. The van der Waals surface area contributed by atoms with Crippen molar-refractivity contribution in [2.75, 3.05) is 14.2 Å². The van der Waals surface area contributed by atoms with E-state index in [-0.39, 0.29) is 33.4 Å². The van der Waals surface area contributed by atoms with Crippen molar-refractivity contribution < 1.29 is 27.1 Å². The molecule has 0 aliphatic heterocycles. The lowest BCUT2D eigenvalue weighted by molar-refractivity contribution is 0.0469. The highest BCUT2D eigenvalue weighted by atomic mass is 35.5. The number of carbonyl (C=O) groups excluding carboxylic acids is 1. The van der Waals surface area contributed by atoms with Crippen LogP contribution in [0.15, 0.2) is 41.3 Å². The highest BCUT2D eigenvalue weighted by Gasteiger charge is 2.21. The Hall–Kier alpha value is -2.16. The molecule has 0 unspecified atom stereocenters. The van der Waals surface area contributed by atoms with E-state index in [1.165, 1.54) is 44.5 Å². The average molecular weight is 388 g/mol. The van der Waals surface area contributed by atoms with E-state index in [0.717, 1.165) is 6.07 Å². The Bertz CT molecular complexity index is 881. The zero-order chi connectivity index (χ0) is 18.6. The summed E-state index contributed by atoms with van der Waals surface area (Å²) >= 11 is 5.87. The van der Waals surface area contributed by atoms with Crippen LogP contribution >= 0.6 is 11.6 Å². The highest BCUT2D eigenvalue weighted by molar-refractivity contribution is 7.89. The van der Waals surface area contributed by atoms with E-state index < -0.39 is 21.8 Å². The standard InChI is InChI=1S/C16H15ClFNO5S/c1-19-25(21,22)15-8-10(6-7-14(15)23-2)16(20)24-9-11-12(17)4-3-5-13(11)18/h3-8,19H,9H2,1-2H3. The lowest BCUT2D eigenvalue weighted by Gasteiger charge is -2.11. The fraction of sp³-hybridized carbons (Fsp3) is 0.188. The maximum absolute atomic E-state index is 13.7. The number of ether oxygens (including phenoxy) is 2. The molecule has 0 atom stereocenters. The Morgan fingerprint density at radius 3 is 2.60 bits per heavy atom. The molecule has 25 heavy (non-hydrogen) atoms. The molecule has 6 nitrogen and oxygen atoms in total. The Morgan fingerprint density at radius 1 is 1.28 bits per heavy atom. The number of methoxy groups -OCH3 is 1. The number of nitrogens with one attached hydrogen (secondary N) is 1. The van der Waals surface area contributed by atoms with Gasteiger partial charge in [-0.1, -0.05) is 17.7 Å². The second-order valence-corrected chi connectivity index (χ2v) is 7.11. The van der Waals surface area contributed by atoms with Crippen LogP contribution < -0.4 is 9.46 Å². The van der Waals surface area contributed by atoms with Crippen LogP contribution in [0, 0.1) is 5.82 Å². The van der Waals surface area contributed by atoms with Crippen LogP contribution in [0.3, 0.4) is 0 Å². The molecule has 0 fully saturated rings. The van der Waals surface area contributed by atoms with E-state index in [9.17, 15) is 17.6 Å². The molecule has 134 valence electrons. The monoisotopic (exact) mass is 387 g/mol. The first-order valence-electron chi connectivity index (χ1n) is 7.01. The van der Waals surface area contributed by atoms with Crippen LogP contribution in [0.4, 0.5) is 4.39 Å². The number of esters is 1. The van der Waals surface area contributed by atoms with Gasteiger partial charge in [-0.05, 0) is 37.4 Å². The van der Waals surface area contributed by atoms with Crippen LogP contribution in [-0.4, -0.2) is 28.5 Å². The van der Waals surface area contributed by atoms with Gasteiger partial charge in [-0.2, -0.15) is 0 Å². The summed E-state index contributed by atoms with van der Waals surface area (Å²) in [5, 5.41) is 0.126. The van der Waals surface area contributed by atoms with Gasteiger partial charge in [0, 0.05) is 5.56 Å². The second-order valence-electron chi connectivity index (χ2n) is 4.85. The molecule has 1 N–H and O–H groups in total. The average Bonchev–Trinajstić information content (AvgIpc) is 2.60. The summed E-state index contributed by atoms with van der Waals surface area (Å²) in [6, 6.07) is 7.89. The van der Waals surface area contributed by atoms with Crippen molar-refractivity contribution in [3.8, 4) is 5.75 Å². The van der Waals surface area contributed by atoms with Crippen LogP contribution in [0.2, 0.25) is 5.02 Å². The van der Waals surface area contributed by atoms with Crippen LogP contribution in [0.5, 0.6) is 5.75 Å². The second kappa shape index (κ2) is 7.81. The van der Waals surface area contributed by atoms with Crippen molar-refractivity contribution >= 4 is 27.6 Å². The van der Waals surface area contributed by atoms with Gasteiger partial charge in [0.05, 0.1) is 17.7 Å². The topological polar surface area (TPSA) is 81.7 Å². The third kappa shape index (κ3) is 4.28. The van der Waals surface area contributed by atoms with Gasteiger partial charge < -0.3 is 9.47 Å². The molecule has 0 bridgehead atoms. The third-order valence-electron chi connectivity index (χ3n) is 3.37. The molecule has 0 heterocycles. The molecular weight excluding hydrogens is 373 g/mol. The summed E-state index contributed by atoms with van der Waals surface area (Å²) in [4.78, 5) is 12.0. The van der Waals surface area contributed by atoms with Crippen molar-refractivity contribution in [2.45, 2.75) is 11.5 Å². The lowest BCUT2D eigenvalue weighted by atomic mass is 10.2. The van der Waals surface area contributed by atoms with Crippen molar-refractivity contribution in [2.24, 2.45) is 0 Å². The van der Waals surface area contributed by atoms with Crippen LogP contribution in [-0.2, 0) is 21.4 Å². The Kier molecular flexibility index (Phi) is 5.99. The van der Waals surface area contributed by atoms with E-state index in [0.29, 0.717) is 0 Å². The van der Waals surface area contributed by atoms with Gasteiger partial charge in [-0.25, -0.2) is 22.3 Å². The predicted molar refractivity (Wildman–Crippen MR) is 89.8 cm³/mol. The summed E-state index contributed by atoms with van der Waals surface area (Å²) in [5.41, 5.74) is 0.0104. The summed E-state index contributed by atoms with van der Waals surface area (Å²) in [6.45, 7) is -0.384. The first kappa shape index (κ1) is 19.2. The zero-order valence-corrected chi connectivity index (χ0v) is 14.9. The van der Waals surface area contributed by atoms with Crippen molar-refractivity contribution in [1.82, 2.24) is 4.72 Å². The molecule has 0 radical (unpaired) electrons. The van der Waals surface area contributed by atoms with Crippen molar-refractivity contribution in [3.05, 3.63) is 58.4 Å². The van der Waals surface area contributed by atoms with Gasteiger partial charge in [-0.15, -0.1) is 0 Å². The SMILES string of the molecule is CNS(=O)(=O)c1cc(C(=O)OCc2c(F)cccc2Cl)ccc1OC. The molecule has 0 spiro atoms. The van der Waals surface area contributed by atoms with Gasteiger partial charge in [0.2, 0.25) is 10.0 Å². The third-order valence-corrected chi connectivity index (χ3v) is 5.16. The number of hydrogen-bond acceptors (Lipinski definition) is 5. The molecular formula is C16H15ClFNO5S. The first-order valence-corrected chi connectivity index (χ1v) is 8.88. The minimum absolute atomic E-state index is 0.0258. The number of rotatable bonds is 6. The van der Waals surface area contributed by atoms with Gasteiger partial charge in [0.25, 0.3) is 0 Å². The van der Waals surface area contributed by atoms with Gasteiger partial charge in [0.15, 0.2) is 0 Å². The summed E-state index contributed by atoms with van der Waals surface area (Å²) < 4.78 is 49.9. The largest absolute Gasteiger partial charge is 0.495 e. The predicted octanol–water partition coefficient (Wildman–Crippen LogP) is 2.75. The van der Waals surface area contributed by atoms with Crippen LogP contribution in [0.25, 0.3) is 0 Å². The number of benzene rings is 2. The van der Waals surface area contributed by atoms with Crippen molar-refractivity contribution in [1.29, 1.82) is 0 Å². The first-order chi connectivity index (χ1) is 11.8. The molecule has 2 aromatic rings. The van der Waals surface area contributed by atoms with E-state index in [1.54, 1.807) is 0 Å². The number of sulfonamides is 1. The number of carbonyl (C=O) groups is 1. The minimum Gasteiger partial charge on any atom is -0.495 e.